The predicted octanol–water partition coefficient (Wildman–Crippen LogP) is 1.04. The molecule has 88 valence electrons. The van der Waals surface area contributed by atoms with Crippen LogP contribution in [0.25, 0.3) is 0 Å². The van der Waals surface area contributed by atoms with Crippen LogP contribution < -0.4 is 16.0 Å². The van der Waals surface area contributed by atoms with Gasteiger partial charge in [-0.2, -0.15) is 0 Å². The van der Waals surface area contributed by atoms with Gasteiger partial charge in [0.05, 0.1) is 25.0 Å². The molecule has 0 aliphatic rings. The van der Waals surface area contributed by atoms with E-state index in [0.717, 1.165) is 17.0 Å². The molecule has 1 heterocycles. The van der Waals surface area contributed by atoms with Crippen LogP contribution in [-0.4, -0.2) is 17.1 Å². The molecule has 0 radical (unpaired) electrons. The molecular formula is C12H14N4O. The highest BCUT2D eigenvalue weighted by molar-refractivity contribution is 5.33. The molecule has 5 nitrogen and oxygen atoms in total. The molecule has 0 saturated carbocycles. The number of hydrogen-bond donors (Lipinski definition) is 2. The largest absolute Gasteiger partial charge is 0.497 e. The van der Waals surface area contributed by atoms with Crippen molar-refractivity contribution in [2.24, 2.45) is 5.84 Å². The first-order valence-electron chi connectivity index (χ1n) is 5.21. The highest BCUT2D eigenvalue weighted by Gasteiger charge is 2.14. The van der Waals surface area contributed by atoms with Gasteiger partial charge in [0, 0.05) is 12.4 Å². The molecule has 0 spiro atoms. The second-order valence-corrected chi connectivity index (χ2v) is 3.51. The molecule has 1 aromatic carbocycles. The molecule has 1 unspecified atom stereocenters. The first-order chi connectivity index (χ1) is 8.35. The van der Waals surface area contributed by atoms with E-state index in [1.807, 2.05) is 24.3 Å². The third kappa shape index (κ3) is 2.58. The van der Waals surface area contributed by atoms with Gasteiger partial charge in [-0.15, -0.1) is 0 Å². The highest BCUT2D eigenvalue weighted by atomic mass is 16.5. The lowest BCUT2D eigenvalue weighted by atomic mass is 10.0. The van der Waals surface area contributed by atoms with Gasteiger partial charge in [-0.25, -0.2) is 5.43 Å². The van der Waals surface area contributed by atoms with Crippen LogP contribution in [0, 0.1) is 0 Å². The molecule has 0 aliphatic heterocycles. The van der Waals surface area contributed by atoms with Crippen molar-refractivity contribution < 1.29 is 4.74 Å². The molecule has 1 aromatic heterocycles. The molecular weight excluding hydrogens is 216 g/mol. The van der Waals surface area contributed by atoms with E-state index in [0.29, 0.717) is 0 Å². The van der Waals surface area contributed by atoms with Crippen LogP contribution in [0.1, 0.15) is 17.3 Å². The SMILES string of the molecule is COc1cccc(C(NN)c2cnccn2)c1. The zero-order valence-corrected chi connectivity index (χ0v) is 9.50. The smallest absolute Gasteiger partial charge is 0.119 e. The Bertz CT molecular complexity index is 475. The summed E-state index contributed by atoms with van der Waals surface area (Å²) in [6, 6.07) is 7.47. The standard InChI is InChI=1S/C12H14N4O/c1-17-10-4-2-3-9(7-10)12(16-13)11-8-14-5-6-15-11/h2-8,12,16H,13H2,1H3. The van der Waals surface area contributed by atoms with Crippen molar-refractivity contribution in [1.29, 1.82) is 0 Å². The molecule has 1 atom stereocenters. The summed E-state index contributed by atoms with van der Waals surface area (Å²) in [5, 5.41) is 0. The quantitative estimate of drug-likeness (QED) is 0.606. The van der Waals surface area contributed by atoms with Gasteiger partial charge in [0.15, 0.2) is 0 Å². The minimum absolute atomic E-state index is 0.196. The lowest BCUT2D eigenvalue weighted by molar-refractivity contribution is 0.413. The fourth-order valence-electron chi connectivity index (χ4n) is 1.63. The van der Waals surface area contributed by atoms with Crippen molar-refractivity contribution in [1.82, 2.24) is 15.4 Å². The topological polar surface area (TPSA) is 73.1 Å². The van der Waals surface area contributed by atoms with Crippen LogP contribution in [0.5, 0.6) is 5.75 Å². The molecule has 0 bridgehead atoms. The van der Waals surface area contributed by atoms with Crippen LogP contribution >= 0.6 is 0 Å². The summed E-state index contributed by atoms with van der Waals surface area (Å²) in [4.78, 5) is 8.27. The van der Waals surface area contributed by atoms with E-state index in [2.05, 4.69) is 15.4 Å². The zero-order valence-electron chi connectivity index (χ0n) is 9.50. The van der Waals surface area contributed by atoms with E-state index in [-0.39, 0.29) is 6.04 Å². The maximum Gasteiger partial charge on any atom is 0.119 e. The van der Waals surface area contributed by atoms with E-state index in [9.17, 15) is 0 Å². The zero-order chi connectivity index (χ0) is 12.1. The number of hydrogen-bond acceptors (Lipinski definition) is 5. The summed E-state index contributed by atoms with van der Waals surface area (Å²) >= 11 is 0. The summed E-state index contributed by atoms with van der Waals surface area (Å²) in [5.74, 6) is 6.35. The van der Waals surface area contributed by atoms with Crippen molar-refractivity contribution in [3.63, 3.8) is 0 Å². The number of rotatable bonds is 4. The number of aromatic nitrogens is 2. The van der Waals surface area contributed by atoms with E-state index >= 15 is 0 Å². The second kappa shape index (κ2) is 5.38. The maximum absolute atomic E-state index is 5.57. The van der Waals surface area contributed by atoms with Crippen LogP contribution in [0.15, 0.2) is 42.9 Å². The molecule has 0 saturated heterocycles. The Morgan fingerprint density at radius 2 is 2.24 bits per heavy atom. The third-order valence-corrected chi connectivity index (χ3v) is 2.47. The average molecular weight is 230 g/mol. The van der Waals surface area contributed by atoms with Crippen LogP contribution in [-0.2, 0) is 0 Å². The summed E-state index contributed by atoms with van der Waals surface area (Å²) < 4.78 is 5.18. The molecule has 3 N–H and O–H groups in total. The Labute approximate surface area is 99.6 Å². The second-order valence-electron chi connectivity index (χ2n) is 3.51. The summed E-state index contributed by atoms with van der Waals surface area (Å²) in [7, 11) is 1.63. The molecule has 2 aromatic rings. The predicted molar refractivity (Wildman–Crippen MR) is 64.2 cm³/mol. The van der Waals surface area contributed by atoms with E-state index in [1.54, 1.807) is 25.7 Å². The van der Waals surface area contributed by atoms with Crippen molar-refractivity contribution in [2.75, 3.05) is 7.11 Å². The Morgan fingerprint density at radius 1 is 1.35 bits per heavy atom. The summed E-state index contributed by atoms with van der Waals surface area (Å²) in [5.41, 5.74) is 4.47. The third-order valence-electron chi connectivity index (χ3n) is 2.47. The van der Waals surface area contributed by atoms with E-state index < -0.39 is 0 Å². The van der Waals surface area contributed by atoms with Gasteiger partial charge in [0.1, 0.15) is 5.75 Å². The monoisotopic (exact) mass is 230 g/mol. The fraction of sp³-hybridized carbons (Fsp3) is 0.167. The van der Waals surface area contributed by atoms with Crippen LogP contribution in [0.3, 0.4) is 0 Å². The molecule has 17 heavy (non-hydrogen) atoms. The maximum atomic E-state index is 5.57. The van der Waals surface area contributed by atoms with Crippen LogP contribution in [0.2, 0.25) is 0 Å². The minimum atomic E-state index is -0.196. The molecule has 5 heteroatoms. The molecule has 0 fully saturated rings. The molecule has 0 amide bonds. The number of nitrogens with two attached hydrogens (primary N) is 1. The first-order valence-corrected chi connectivity index (χ1v) is 5.21. The van der Waals surface area contributed by atoms with E-state index in [1.165, 1.54) is 0 Å². The fourth-order valence-corrected chi connectivity index (χ4v) is 1.63. The van der Waals surface area contributed by atoms with Gasteiger partial charge in [0.2, 0.25) is 0 Å². The lowest BCUT2D eigenvalue weighted by Crippen LogP contribution is -2.29. The van der Waals surface area contributed by atoms with E-state index in [4.69, 9.17) is 10.6 Å². The first kappa shape index (κ1) is 11.5. The normalized spacial score (nSPS) is 12.1. The van der Waals surface area contributed by atoms with Crippen molar-refractivity contribution in [3.8, 4) is 5.75 Å². The highest BCUT2D eigenvalue weighted by Crippen LogP contribution is 2.22. The Hall–Kier alpha value is -1.98. The lowest BCUT2D eigenvalue weighted by Gasteiger charge is -2.15. The minimum Gasteiger partial charge on any atom is -0.497 e. The number of nitrogens with one attached hydrogen (secondary N) is 1. The van der Waals surface area contributed by atoms with Crippen molar-refractivity contribution >= 4 is 0 Å². The summed E-state index contributed by atoms with van der Waals surface area (Å²) in [6.07, 6.45) is 4.95. The number of hydrazine groups is 1. The van der Waals surface area contributed by atoms with Crippen molar-refractivity contribution in [3.05, 3.63) is 54.1 Å². The Balaban J connectivity index is 2.35. The molecule has 2 rings (SSSR count). The number of benzene rings is 1. The Morgan fingerprint density at radius 3 is 2.88 bits per heavy atom. The Kier molecular flexibility index (Phi) is 3.64. The number of methoxy groups -OCH3 is 1. The van der Waals surface area contributed by atoms with Gasteiger partial charge in [0.25, 0.3) is 0 Å². The molecule has 0 aliphatic carbocycles. The van der Waals surface area contributed by atoms with Crippen LogP contribution in [0.4, 0.5) is 0 Å². The summed E-state index contributed by atoms with van der Waals surface area (Å²) in [6.45, 7) is 0. The number of ether oxygens (including phenoxy) is 1. The van der Waals surface area contributed by atoms with Gasteiger partial charge < -0.3 is 4.74 Å². The number of nitrogens with zero attached hydrogens (tertiary/aromatic N) is 2. The van der Waals surface area contributed by atoms with Gasteiger partial charge in [-0.3, -0.25) is 15.8 Å². The van der Waals surface area contributed by atoms with Gasteiger partial charge in [-0.05, 0) is 17.7 Å². The van der Waals surface area contributed by atoms with Gasteiger partial charge in [-0.1, -0.05) is 12.1 Å². The average Bonchev–Trinajstić information content (AvgIpc) is 2.41. The van der Waals surface area contributed by atoms with Gasteiger partial charge >= 0.3 is 0 Å². The van der Waals surface area contributed by atoms with Crippen molar-refractivity contribution in [2.45, 2.75) is 6.04 Å².